The molecule has 27 heavy (non-hydrogen) atoms. The third kappa shape index (κ3) is 4.27. The summed E-state index contributed by atoms with van der Waals surface area (Å²) in [6, 6.07) is 14.4. The molecule has 0 bridgehead atoms. The van der Waals surface area contributed by atoms with Crippen LogP contribution in [0.15, 0.2) is 60.9 Å². The summed E-state index contributed by atoms with van der Waals surface area (Å²) in [6.45, 7) is 1.91. The summed E-state index contributed by atoms with van der Waals surface area (Å²) >= 11 is 0. The van der Waals surface area contributed by atoms with Crippen LogP contribution in [0.5, 0.6) is 0 Å². The van der Waals surface area contributed by atoms with E-state index in [4.69, 9.17) is 4.74 Å². The third-order valence-electron chi connectivity index (χ3n) is 3.87. The van der Waals surface area contributed by atoms with E-state index in [9.17, 15) is 9.59 Å². The normalized spacial score (nSPS) is 10.1. The van der Waals surface area contributed by atoms with E-state index in [0.29, 0.717) is 17.1 Å². The fraction of sp³-hybridized carbons (Fsp3) is 0.100. The highest BCUT2D eigenvalue weighted by Crippen LogP contribution is 2.20. The molecule has 0 saturated carbocycles. The van der Waals surface area contributed by atoms with Gasteiger partial charge in [0.25, 0.3) is 5.91 Å². The summed E-state index contributed by atoms with van der Waals surface area (Å²) in [5, 5.41) is 5.81. The number of hydrogen-bond donors (Lipinski definition) is 2. The van der Waals surface area contributed by atoms with Crippen molar-refractivity contribution in [3.8, 4) is 0 Å². The Morgan fingerprint density at radius 1 is 0.926 bits per heavy atom. The molecule has 2 aromatic carbocycles. The Morgan fingerprint density at radius 2 is 1.63 bits per heavy atom. The Morgan fingerprint density at radius 3 is 2.30 bits per heavy atom. The molecule has 1 amide bonds. The summed E-state index contributed by atoms with van der Waals surface area (Å²) in [5.74, 6) is -0.405. The lowest BCUT2D eigenvalue weighted by Gasteiger charge is -2.10. The summed E-state index contributed by atoms with van der Waals surface area (Å²) in [5.41, 5.74) is 2.78. The largest absolute Gasteiger partial charge is 0.465 e. The number of carbonyl (C=O) groups is 2. The first kappa shape index (κ1) is 18.1. The van der Waals surface area contributed by atoms with Crippen LogP contribution in [0.3, 0.4) is 0 Å². The number of aromatic nitrogens is 2. The third-order valence-corrected chi connectivity index (χ3v) is 3.87. The Hall–Kier alpha value is -3.74. The number of rotatable bonds is 5. The van der Waals surface area contributed by atoms with Gasteiger partial charge >= 0.3 is 5.97 Å². The highest BCUT2D eigenvalue weighted by molar-refractivity contribution is 6.03. The van der Waals surface area contributed by atoms with E-state index in [2.05, 4.69) is 20.6 Å². The molecule has 1 heterocycles. The number of hydrogen-bond acceptors (Lipinski definition) is 6. The van der Waals surface area contributed by atoms with Gasteiger partial charge < -0.3 is 15.4 Å². The molecule has 136 valence electrons. The minimum Gasteiger partial charge on any atom is -0.465 e. The van der Waals surface area contributed by atoms with Gasteiger partial charge in [-0.1, -0.05) is 30.3 Å². The summed E-state index contributed by atoms with van der Waals surface area (Å²) < 4.78 is 4.76. The predicted molar refractivity (Wildman–Crippen MR) is 102 cm³/mol. The van der Waals surface area contributed by atoms with E-state index in [1.54, 1.807) is 24.3 Å². The number of benzene rings is 2. The number of para-hydroxylation sites is 2. The first-order valence-corrected chi connectivity index (χ1v) is 8.22. The summed E-state index contributed by atoms with van der Waals surface area (Å²) in [7, 11) is 1.32. The van der Waals surface area contributed by atoms with Gasteiger partial charge in [0.2, 0.25) is 0 Å². The average Bonchev–Trinajstić information content (AvgIpc) is 2.70. The van der Waals surface area contributed by atoms with Crippen molar-refractivity contribution in [2.24, 2.45) is 0 Å². The molecule has 0 aliphatic rings. The van der Waals surface area contributed by atoms with Crippen LogP contribution < -0.4 is 10.6 Å². The zero-order chi connectivity index (χ0) is 19.2. The van der Waals surface area contributed by atoms with E-state index in [-0.39, 0.29) is 11.6 Å². The summed E-state index contributed by atoms with van der Waals surface area (Å²) in [6.07, 6.45) is 2.80. The van der Waals surface area contributed by atoms with E-state index in [1.165, 1.54) is 19.5 Å². The van der Waals surface area contributed by atoms with Crippen molar-refractivity contribution in [2.75, 3.05) is 17.7 Å². The number of carbonyl (C=O) groups excluding carboxylic acids is 2. The maximum atomic E-state index is 12.3. The highest BCUT2D eigenvalue weighted by atomic mass is 16.5. The van der Waals surface area contributed by atoms with Crippen LogP contribution in [-0.4, -0.2) is 29.0 Å². The molecule has 0 aliphatic heterocycles. The van der Waals surface area contributed by atoms with Crippen molar-refractivity contribution >= 4 is 29.1 Å². The predicted octanol–water partition coefficient (Wildman–Crippen LogP) is 3.57. The zero-order valence-corrected chi connectivity index (χ0v) is 14.9. The molecule has 0 unspecified atom stereocenters. The maximum absolute atomic E-state index is 12.3. The second-order valence-corrected chi connectivity index (χ2v) is 5.72. The van der Waals surface area contributed by atoms with E-state index < -0.39 is 5.97 Å². The van der Waals surface area contributed by atoms with Crippen molar-refractivity contribution in [3.05, 3.63) is 77.7 Å². The van der Waals surface area contributed by atoms with Gasteiger partial charge in [0, 0.05) is 5.69 Å². The number of ether oxygens (including phenoxy) is 1. The van der Waals surface area contributed by atoms with Gasteiger partial charge in [-0.3, -0.25) is 4.79 Å². The molecule has 1 aromatic heterocycles. The lowest BCUT2D eigenvalue weighted by atomic mass is 10.2. The maximum Gasteiger partial charge on any atom is 0.339 e. The Balaban J connectivity index is 1.74. The fourth-order valence-corrected chi connectivity index (χ4v) is 2.43. The minimum absolute atomic E-state index is 0.185. The van der Waals surface area contributed by atoms with E-state index in [0.717, 1.165) is 11.3 Å². The van der Waals surface area contributed by atoms with Gasteiger partial charge in [-0.2, -0.15) is 0 Å². The van der Waals surface area contributed by atoms with Gasteiger partial charge in [0.15, 0.2) is 0 Å². The Kier molecular flexibility index (Phi) is 5.41. The number of esters is 1. The van der Waals surface area contributed by atoms with Crippen molar-refractivity contribution in [3.63, 3.8) is 0 Å². The van der Waals surface area contributed by atoms with Crippen LogP contribution in [0, 0.1) is 6.92 Å². The molecule has 3 rings (SSSR count). The van der Waals surface area contributed by atoms with Crippen molar-refractivity contribution < 1.29 is 14.3 Å². The number of anilines is 3. The molecule has 7 nitrogen and oxygen atoms in total. The minimum atomic E-state index is -0.458. The number of amides is 1. The molecule has 0 aliphatic carbocycles. The van der Waals surface area contributed by atoms with E-state index in [1.807, 2.05) is 31.2 Å². The molecule has 7 heteroatoms. The highest BCUT2D eigenvalue weighted by Gasteiger charge is 2.13. The molecule has 0 saturated heterocycles. The molecule has 3 aromatic rings. The van der Waals surface area contributed by atoms with Gasteiger partial charge in [0.05, 0.1) is 30.8 Å². The van der Waals surface area contributed by atoms with Gasteiger partial charge in [-0.15, -0.1) is 0 Å². The van der Waals surface area contributed by atoms with Crippen molar-refractivity contribution in [2.45, 2.75) is 6.92 Å². The SMILES string of the molecule is COC(=O)c1ccccc1Nc1cnc(C(=O)Nc2ccccc2C)cn1. The lowest BCUT2D eigenvalue weighted by Crippen LogP contribution is -2.15. The standard InChI is InChI=1S/C20H18N4O3/c1-13-7-3-5-9-15(13)24-19(25)17-11-22-18(12-21-17)23-16-10-6-4-8-14(16)20(26)27-2/h3-12H,1-2H3,(H,22,23)(H,24,25). The van der Waals surface area contributed by atoms with Crippen LogP contribution in [0.1, 0.15) is 26.4 Å². The van der Waals surface area contributed by atoms with Crippen molar-refractivity contribution in [1.29, 1.82) is 0 Å². The fourth-order valence-electron chi connectivity index (χ4n) is 2.43. The number of aryl methyl sites for hydroxylation is 1. The van der Waals surface area contributed by atoms with Crippen LogP contribution in [0.25, 0.3) is 0 Å². The first-order chi connectivity index (χ1) is 13.1. The monoisotopic (exact) mass is 362 g/mol. The number of nitrogens with one attached hydrogen (secondary N) is 2. The molecule has 0 atom stereocenters. The van der Waals surface area contributed by atoms with E-state index >= 15 is 0 Å². The van der Waals surface area contributed by atoms with Gasteiger partial charge in [-0.05, 0) is 30.7 Å². The lowest BCUT2D eigenvalue weighted by molar-refractivity contribution is 0.0601. The summed E-state index contributed by atoms with van der Waals surface area (Å²) in [4.78, 5) is 32.5. The second kappa shape index (κ2) is 8.09. The topological polar surface area (TPSA) is 93.2 Å². The Labute approximate surface area is 156 Å². The van der Waals surface area contributed by atoms with Crippen LogP contribution >= 0.6 is 0 Å². The molecule has 0 spiro atoms. The zero-order valence-electron chi connectivity index (χ0n) is 14.9. The molecular formula is C20H18N4O3. The average molecular weight is 362 g/mol. The quantitative estimate of drug-likeness (QED) is 0.674. The van der Waals surface area contributed by atoms with Crippen LogP contribution in [0.4, 0.5) is 17.2 Å². The smallest absolute Gasteiger partial charge is 0.339 e. The van der Waals surface area contributed by atoms with Crippen molar-refractivity contribution in [1.82, 2.24) is 9.97 Å². The van der Waals surface area contributed by atoms with Gasteiger partial charge in [-0.25, -0.2) is 14.8 Å². The number of methoxy groups -OCH3 is 1. The molecule has 2 N–H and O–H groups in total. The van der Waals surface area contributed by atoms with Crippen LogP contribution in [-0.2, 0) is 4.74 Å². The van der Waals surface area contributed by atoms with Gasteiger partial charge in [0.1, 0.15) is 11.5 Å². The second-order valence-electron chi connectivity index (χ2n) is 5.72. The molecule has 0 fully saturated rings. The number of nitrogens with zero attached hydrogens (tertiary/aromatic N) is 2. The van der Waals surface area contributed by atoms with Crippen LogP contribution in [0.2, 0.25) is 0 Å². The first-order valence-electron chi connectivity index (χ1n) is 8.22. The Bertz CT molecular complexity index is 971. The molecule has 0 radical (unpaired) electrons. The molecular weight excluding hydrogens is 344 g/mol.